The number of aromatic nitrogens is 1. The molecule has 0 spiro atoms. The average Bonchev–Trinajstić information content (AvgIpc) is 3.40. The number of fused-ring (bicyclic) bond motifs is 1. The number of benzene rings is 3. The van der Waals surface area contributed by atoms with Crippen molar-refractivity contribution in [2.75, 3.05) is 6.54 Å². The lowest BCUT2D eigenvalue weighted by molar-refractivity contribution is -0.120. The summed E-state index contributed by atoms with van der Waals surface area (Å²) in [5.41, 5.74) is 12.4. The van der Waals surface area contributed by atoms with Crippen LogP contribution in [0.15, 0.2) is 79.0 Å². The quantitative estimate of drug-likeness (QED) is 0.330. The molecular weight excluding hydrogens is 412 g/mol. The van der Waals surface area contributed by atoms with Crippen molar-refractivity contribution in [1.82, 2.24) is 15.6 Å². The molecule has 0 bridgehead atoms. The van der Waals surface area contributed by atoms with Crippen LogP contribution in [-0.2, 0) is 17.6 Å². The van der Waals surface area contributed by atoms with Crippen LogP contribution in [-0.4, -0.2) is 29.5 Å². The van der Waals surface area contributed by atoms with Crippen LogP contribution in [0.4, 0.5) is 4.79 Å². The first-order valence-electron chi connectivity index (χ1n) is 11.2. The van der Waals surface area contributed by atoms with Gasteiger partial charge in [-0.15, -0.1) is 0 Å². The zero-order valence-corrected chi connectivity index (χ0v) is 18.2. The lowest BCUT2D eigenvalue weighted by Gasteiger charge is -2.23. The highest BCUT2D eigenvalue weighted by molar-refractivity contribution is 6.04. The van der Waals surface area contributed by atoms with Crippen LogP contribution < -0.4 is 16.4 Å². The molecule has 1 aliphatic heterocycles. The molecule has 4 aromatic rings. The number of carbonyl (C=O) groups excluding carboxylic acids is 2. The van der Waals surface area contributed by atoms with Crippen molar-refractivity contribution in [2.24, 2.45) is 5.73 Å². The smallest absolute Gasteiger partial charge is 0.322 e. The summed E-state index contributed by atoms with van der Waals surface area (Å²) in [4.78, 5) is 27.8. The average molecular weight is 439 g/mol. The molecule has 6 heteroatoms. The third kappa shape index (κ3) is 4.25. The van der Waals surface area contributed by atoms with Crippen LogP contribution in [0, 0.1) is 0 Å². The molecule has 2 heterocycles. The predicted octanol–water partition coefficient (Wildman–Crippen LogP) is 3.87. The van der Waals surface area contributed by atoms with Gasteiger partial charge in [0, 0.05) is 23.0 Å². The van der Waals surface area contributed by atoms with E-state index < -0.39 is 12.1 Å². The minimum Gasteiger partial charge on any atom is -0.361 e. The van der Waals surface area contributed by atoms with E-state index in [0.717, 1.165) is 45.1 Å². The highest BCUT2D eigenvalue weighted by atomic mass is 16.2. The maximum absolute atomic E-state index is 12.6. The Bertz CT molecular complexity index is 1290. The molecule has 1 saturated heterocycles. The van der Waals surface area contributed by atoms with E-state index in [2.05, 4.69) is 58.1 Å². The lowest BCUT2D eigenvalue weighted by atomic mass is 9.84. The number of carbonyl (C=O) groups is 2. The number of aromatic amines is 1. The second-order valence-corrected chi connectivity index (χ2v) is 8.47. The zero-order valence-electron chi connectivity index (χ0n) is 18.2. The first-order chi connectivity index (χ1) is 16.1. The summed E-state index contributed by atoms with van der Waals surface area (Å²) in [5.74, 6) is -0.494. The number of urea groups is 1. The van der Waals surface area contributed by atoms with E-state index in [1.165, 1.54) is 0 Å². The van der Waals surface area contributed by atoms with E-state index in [1.54, 1.807) is 0 Å². The third-order valence-electron chi connectivity index (χ3n) is 6.36. The lowest BCUT2D eigenvalue weighted by Crippen LogP contribution is -2.36. The van der Waals surface area contributed by atoms with Gasteiger partial charge in [-0.25, -0.2) is 4.79 Å². The Morgan fingerprint density at radius 3 is 2.36 bits per heavy atom. The molecular formula is C27H26N4O2. The second kappa shape index (κ2) is 8.92. The fourth-order valence-corrected chi connectivity index (χ4v) is 4.65. The maximum atomic E-state index is 12.6. The van der Waals surface area contributed by atoms with E-state index in [-0.39, 0.29) is 11.8 Å². The Morgan fingerprint density at radius 2 is 1.67 bits per heavy atom. The number of amides is 3. The van der Waals surface area contributed by atoms with Crippen molar-refractivity contribution < 1.29 is 9.59 Å². The molecule has 1 fully saturated rings. The Balaban J connectivity index is 1.49. The van der Waals surface area contributed by atoms with Crippen molar-refractivity contribution >= 4 is 22.8 Å². The number of nitrogens with two attached hydrogens (primary N) is 1. The number of hydrogen-bond acceptors (Lipinski definition) is 3. The molecule has 2 unspecified atom stereocenters. The van der Waals surface area contributed by atoms with Crippen molar-refractivity contribution in [3.63, 3.8) is 0 Å². The van der Waals surface area contributed by atoms with Gasteiger partial charge in [-0.05, 0) is 59.3 Å². The van der Waals surface area contributed by atoms with Gasteiger partial charge in [-0.2, -0.15) is 0 Å². The topological polar surface area (TPSA) is 100 Å². The second-order valence-electron chi connectivity index (χ2n) is 8.47. The van der Waals surface area contributed by atoms with Gasteiger partial charge in [0.25, 0.3) is 5.91 Å². The number of nitrogens with one attached hydrogen (secondary N) is 3. The summed E-state index contributed by atoms with van der Waals surface area (Å²) in [5, 5.41) is 6.30. The standard InChI is InChI=1S/C27H26N4O2/c28-13-12-21-16-29-24-11-10-20(15-22(21)24)23(25-26(32)31-27(33)30-25)14-17-6-8-19(9-7-17)18-4-2-1-3-5-18/h1-11,15-16,23,25,29H,12-14,28H2,(H2,30,31,32,33). The number of imide groups is 1. The molecule has 1 aromatic heterocycles. The van der Waals surface area contributed by atoms with Crippen LogP contribution in [0.5, 0.6) is 0 Å². The minimum atomic E-state index is -0.624. The van der Waals surface area contributed by atoms with E-state index in [0.29, 0.717) is 13.0 Å². The number of rotatable bonds is 7. The summed E-state index contributed by atoms with van der Waals surface area (Å²) in [6.45, 7) is 0.565. The zero-order chi connectivity index (χ0) is 22.8. The normalized spacial score (nSPS) is 16.6. The summed E-state index contributed by atoms with van der Waals surface area (Å²) in [6, 6.07) is 23.7. The Labute approximate surface area is 192 Å². The van der Waals surface area contributed by atoms with E-state index in [9.17, 15) is 9.59 Å². The highest BCUT2D eigenvalue weighted by Crippen LogP contribution is 2.31. The van der Waals surface area contributed by atoms with Gasteiger partial charge in [0.1, 0.15) is 6.04 Å². The molecule has 5 N–H and O–H groups in total. The van der Waals surface area contributed by atoms with Gasteiger partial charge in [0.15, 0.2) is 0 Å². The minimum absolute atomic E-state index is 0.205. The fraction of sp³-hybridized carbons (Fsp3) is 0.185. The first-order valence-corrected chi connectivity index (χ1v) is 11.2. The Hall–Kier alpha value is -3.90. The summed E-state index contributed by atoms with van der Waals surface area (Å²) >= 11 is 0. The Morgan fingerprint density at radius 1 is 0.909 bits per heavy atom. The molecule has 0 radical (unpaired) electrons. The van der Waals surface area contributed by atoms with Crippen LogP contribution in [0.2, 0.25) is 0 Å². The van der Waals surface area contributed by atoms with E-state index in [1.807, 2.05) is 36.5 Å². The van der Waals surface area contributed by atoms with Gasteiger partial charge in [-0.1, -0.05) is 60.7 Å². The van der Waals surface area contributed by atoms with Crippen LogP contribution in [0.1, 0.15) is 22.6 Å². The third-order valence-corrected chi connectivity index (χ3v) is 6.36. The van der Waals surface area contributed by atoms with Crippen LogP contribution >= 0.6 is 0 Å². The van der Waals surface area contributed by atoms with Gasteiger partial charge < -0.3 is 16.0 Å². The summed E-state index contributed by atoms with van der Waals surface area (Å²) < 4.78 is 0. The molecule has 5 rings (SSSR count). The monoisotopic (exact) mass is 438 g/mol. The largest absolute Gasteiger partial charge is 0.361 e. The molecule has 2 atom stereocenters. The van der Waals surface area contributed by atoms with Gasteiger partial charge >= 0.3 is 6.03 Å². The molecule has 3 amide bonds. The predicted molar refractivity (Wildman–Crippen MR) is 130 cm³/mol. The molecule has 3 aromatic carbocycles. The molecule has 0 aliphatic carbocycles. The van der Waals surface area contributed by atoms with E-state index >= 15 is 0 Å². The van der Waals surface area contributed by atoms with Crippen LogP contribution in [0.3, 0.4) is 0 Å². The summed E-state index contributed by atoms with van der Waals surface area (Å²) in [6.07, 6.45) is 3.38. The van der Waals surface area contributed by atoms with Gasteiger partial charge in [0.2, 0.25) is 0 Å². The first kappa shape index (κ1) is 21.0. The SMILES string of the molecule is NCCc1c[nH]c2ccc(C(Cc3ccc(-c4ccccc4)cc3)C3NC(=O)NC3=O)cc12. The van der Waals surface area contributed by atoms with Crippen LogP contribution in [0.25, 0.3) is 22.0 Å². The molecule has 1 aliphatic rings. The van der Waals surface area contributed by atoms with Crippen molar-refractivity contribution in [3.8, 4) is 11.1 Å². The number of hydrogen-bond donors (Lipinski definition) is 4. The van der Waals surface area contributed by atoms with Crippen molar-refractivity contribution in [2.45, 2.75) is 24.8 Å². The van der Waals surface area contributed by atoms with Gasteiger partial charge in [0.05, 0.1) is 0 Å². The maximum Gasteiger partial charge on any atom is 0.322 e. The van der Waals surface area contributed by atoms with Crippen molar-refractivity contribution in [1.29, 1.82) is 0 Å². The molecule has 33 heavy (non-hydrogen) atoms. The summed E-state index contributed by atoms with van der Waals surface area (Å²) in [7, 11) is 0. The highest BCUT2D eigenvalue weighted by Gasteiger charge is 2.37. The van der Waals surface area contributed by atoms with Crippen molar-refractivity contribution in [3.05, 3.63) is 95.7 Å². The molecule has 6 nitrogen and oxygen atoms in total. The van der Waals surface area contributed by atoms with Gasteiger partial charge in [-0.3, -0.25) is 10.1 Å². The molecule has 0 saturated carbocycles. The Kier molecular flexibility index (Phi) is 5.67. The molecule has 166 valence electrons. The number of H-pyrrole nitrogens is 1. The fourth-order valence-electron chi connectivity index (χ4n) is 4.65. The van der Waals surface area contributed by atoms with E-state index in [4.69, 9.17) is 5.73 Å².